The normalized spacial score (nSPS) is 16.2. The van der Waals surface area contributed by atoms with Crippen LogP contribution in [0.1, 0.15) is 32.5 Å². The van der Waals surface area contributed by atoms with E-state index in [4.69, 9.17) is 26.2 Å². The van der Waals surface area contributed by atoms with Crippen molar-refractivity contribution in [2.45, 2.75) is 12.1 Å². The molecular formula is C22H20ClN3O7. The molecular weight excluding hydrogens is 454 g/mol. The van der Waals surface area contributed by atoms with Gasteiger partial charge in [-0.05, 0) is 29.8 Å². The number of carboxylic acid groups (broad SMARTS) is 1. The number of rotatable bonds is 8. The van der Waals surface area contributed by atoms with Gasteiger partial charge in [0.1, 0.15) is 18.1 Å². The number of carbonyl (C=O) groups excluding carboxylic acids is 2. The summed E-state index contributed by atoms with van der Waals surface area (Å²) in [5.74, 6) is -1.16. The van der Waals surface area contributed by atoms with E-state index in [-0.39, 0.29) is 24.5 Å². The number of cyclic esters (lactones) is 1. The second-order valence-corrected chi connectivity index (χ2v) is 7.82. The minimum atomic E-state index is -1.06. The van der Waals surface area contributed by atoms with Crippen molar-refractivity contribution in [1.29, 1.82) is 0 Å². The number of carboxylic acids is 1. The third-order valence-corrected chi connectivity index (χ3v) is 5.43. The number of hydrogen-bond acceptors (Lipinski definition) is 6. The van der Waals surface area contributed by atoms with Crippen LogP contribution in [0.3, 0.4) is 0 Å². The number of amides is 2. The molecule has 1 fully saturated rings. The van der Waals surface area contributed by atoms with Gasteiger partial charge < -0.3 is 35.3 Å². The topological polar surface area (TPSA) is 150 Å². The number of aromatic nitrogens is 1. The summed E-state index contributed by atoms with van der Waals surface area (Å²) in [5.41, 5.74) is 1.52. The minimum absolute atomic E-state index is 0.106. The second-order valence-electron chi connectivity index (χ2n) is 7.41. The van der Waals surface area contributed by atoms with Gasteiger partial charge in [-0.2, -0.15) is 0 Å². The van der Waals surface area contributed by atoms with Crippen molar-refractivity contribution in [1.82, 2.24) is 15.6 Å². The van der Waals surface area contributed by atoms with Gasteiger partial charge in [0.25, 0.3) is 5.91 Å². The van der Waals surface area contributed by atoms with E-state index < -0.39 is 30.1 Å². The summed E-state index contributed by atoms with van der Waals surface area (Å²) >= 11 is 6.29. The average Bonchev–Trinajstić information content (AvgIpc) is 3.41. The van der Waals surface area contributed by atoms with Crippen LogP contribution in [0.15, 0.2) is 42.5 Å². The van der Waals surface area contributed by atoms with E-state index in [1.54, 1.807) is 18.2 Å². The van der Waals surface area contributed by atoms with Crippen LogP contribution in [0.25, 0.3) is 10.9 Å². The smallest absolute Gasteiger partial charge is 0.407 e. The molecule has 33 heavy (non-hydrogen) atoms. The van der Waals surface area contributed by atoms with E-state index in [0.717, 1.165) is 0 Å². The van der Waals surface area contributed by atoms with E-state index in [1.165, 1.54) is 24.3 Å². The first-order valence-electron chi connectivity index (χ1n) is 9.98. The molecule has 0 saturated carbocycles. The third-order valence-electron chi connectivity index (χ3n) is 5.14. The molecule has 0 spiro atoms. The number of aromatic amines is 1. The van der Waals surface area contributed by atoms with Gasteiger partial charge in [0, 0.05) is 17.0 Å². The van der Waals surface area contributed by atoms with Crippen LogP contribution in [-0.4, -0.2) is 59.0 Å². The number of benzene rings is 2. The molecule has 1 aliphatic rings. The third kappa shape index (κ3) is 5.02. The monoisotopic (exact) mass is 473 g/mol. The number of aliphatic hydroxyl groups excluding tert-OH is 1. The Kier molecular flexibility index (Phi) is 6.38. The molecule has 4 rings (SSSR count). The zero-order chi connectivity index (χ0) is 23.5. The molecule has 0 unspecified atom stereocenters. The number of nitrogens with one attached hydrogen (secondary N) is 3. The molecule has 0 bridgehead atoms. The Morgan fingerprint density at radius 3 is 2.64 bits per heavy atom. The molecule has 3 aromatic rings. The van der Waals surface area contributed by atoms with E-state index in [9.17, 15) is 19.5 Å². The van der Waals surface area contributed by atoms with Crippen molar-refractivity contribution in [3.63, 3.8) is 0 Å². The number of alkyl carbamates (subject to hydrolysis) is 1. The summed E-state index contributed by atoms with van der Waals surface area (Å²) in [6, 6.07) is 10.1. The number of fused-ring (bicyclic) bond motifs is 1. The maximum atomic E-state index is 12.8. The Bertz CT molecular complexity index is 1210. The zero-order valence-electron chi connectivity index (χ0n) is 17.1. The molecule has 1 saturated heterocycles. The first kappa shape index (κ1) is 22.4. The molecule has 172 valence electrons. The highest BCUT2D eigenvalue weighted by atomic mass is 35.5. The summed E-state index contributed by atoms with van der Waals surface area (Å²) in [6.07, 6.45) is -0.918. The van der Waals surface area contributed by atoms with Gasteiger partial charge >= 0.3 is 12.1 Å². The predicted molar refractivity (Wildman–Crippen MR) is 118 cm³/mol. The Morgan fingerprint density at radius 2 is 2.00 bits per heavy atom. The number of ether oxygens (including phenoxy) is 2. The van der Waals surface area contributed by atoms with E-state index in [0.29, 0.717) is 33.8 Å². The minimum Gasteiger partial charge on any atom is -0.488 e. The fourth-order valence-electron chi connectivity index (χ4n) is 3.40. The van der Waals surface area contributed by atoms with Gasteiger partial charge in [-0.3, -0.25) is 4.79 Å². The Morgan fingerprint density at radius 1 is 1.24 bits per heavy atom. The molecule has 11 heteroatoms. The van der Waals surface area contributed by atoms with Gasteiger partial charge in [0.05, 0.1) is 29.8 Å². The van der Waals surface area contributed by atoms with Crippen LogP contribution >= 0.6 is 11.6 Å². The fourth-order valence-corrected chi connectivity index (χ4v) is 3.63. The summed E-state index contributed by atoms with van der Waals surface area (Å²) in [4.78, 5) is 37.9. The van der Waals surface area contributed by atoms with Gasteiger partial charge in [0.2, 0.25) is 0 Å². The number of carbonyl (C=O) groups is 3. The highest BCUT2D eigenvalue weighted by molar-refractivity contribution is 6.32. The predicted octanol–water partition coefficient (Wildman–Crippen LogP) is 2.47. The Labute approximate surface area is 192 Å². The summed E-state index contributed by atoms with van der Waals surface area (Å²) < 4.78 is 10.7. The highest BCUT2D eigenvalue weighted by Gasteiger charge is 2.23. The van der Waals surface area contributed by atoms with Crippen molar-refractivity contribution in [3.8, 4) is 5.75 Å². The maximum absolute atomic E-state index is 12.8. The van der Waals surface area contributed by atoms with E-state index in [2.05, 4.69) is 15.6 Å². The lowest BCUT2D eigenvalue weighted by molar-refractivity contribution is 0.0696. The van der Waals surface area contributed by atoms with Crippen LogP contribution in [0.2, 0.25) is 5.02 Å². The summed E-state index contributed by atoms with van der Waals surface area (Å²) in [5, 5.41) is 25.0. The average molecular weight is 474 g/mol. The molecule has 1 aromatic heterocycles. The first-order valence-corrected chi connectivity index (χ1v) is 10.4. The first-order chi connectivity index (χ1) is 15.8. The molecule has 2 amide bonds. The van der Waals surface area contributed by atoms with Crippen molar-refractivity contribution in [2.75, 3.05) is 19.8 Å². The molecule has 10 nitrogen and oxygen atoms in total. The SMILES string of the molecule is O=C1NC[C@@H](COc2cc3[nH]c(C(=O)N[C@H](CO)c4ccc(C(=O)O)cc4)cc3cc2Cl)O1. The van der Waals surface area contributed by atoms with Crippen LogP contribution < -0.4 is 15.4 Å². The number of aliphatic hydroxyl groups is 1. The zero-order valence-corrected chi connectivity index (χ0v) is 17.9. The fraction of sp³-hybridized carbons (Fsp3) is 0.227. The van der Waals surface area contributed by atoms with E-state index >= 15 is 0 Å². The van der Waals surface area contributed by atoms with Crippen LogP contribution in [-0.2, 0) is 4.74 Å². The molecule has 2 atom stereocenters. The summed E-state index contributed by atoms with van der Waals surface area (Å²) in [7, 11) is 0. The van der Waals surface area contributed by atoms with Gasteiger partial charge in [0.15, 0.2) is 6.10 Å². The number of hydrogen-bond donors (Lipinski definition) is 5. The van der Waals surface area contributed by atoms with Gasteiger partial charge in [-0.15, -0.1) is 0 Å². The molecule has 2 heterocycles. The quantitative estimate of drug-likeness (QED) is 0.337. The van der Waals surface area contributed by atoms with Crippen molar-refractivity contribution < 1.29 is 34.1 Å². The number of H-pyrrole nitrogens is 1. The van der Waals surface area contributed by atoms with Crippen LogP contribution in [0.5, 0.6) is 5.75 Å². The highest BCUT2D eigenvalue weighted by Crippen LogP contribution is 2.31. The molecule has 0 aliphatic carbocycles. The molecule has 1 aliphatic heterocycles. The van der Waals surface area contributed by atoms with Crippen LogP contribution in [0.4, 0.5) is 4.79 Å². The summed E-state index contributed by atoms with van der Waals surface area (Å²) in [6.45, 7) is 0.0935. The lowest BCUT2D eigenvalue weighted by Crippen LogP contribution is -2.31. The van der Waals surface area contributed by atoms with Crippen molar-refractivity contribution in [2.24, 2.45) is 0 Å². The number of aromatic carboxylic acids is 1. The van der Waals surface area contributed by atoms with Crippen molar-refractivity contribution in [3.05, 3.63) is 64.3 Å². The molecule has 0 radical (unpaired) electrons. The largest absolute Gasteiger partial charge is 0.488 e. The maximum Gasteiger partial charge on any atom is 0.407 e. The van der Waals surface area contributed by atoms with Gasteiger partial charge in [-0.1, -0.05) is 23.7 Å². The van der Waals surface area contributed by atoms with Crippen molar-refractivity contribution >= 4 is 40.5 Å². The lowest BCUT2D eigenvalue weighted by atomic mass is 10.1. The standard InChI is InChI=1S/C22H20ClN3O7/c23-15-5-13-6-17(25-16(13)7-19(15)32-10-14-8-24-22(31)33-14)20(28)26-18(9-27)11-1-3-12(4-2-11)21(29)30/h1-7,14,18,25,27H,8-10H2,(H,24,31)(H,26,28)(H,29,30)/t14-,18+/m0/s1. The molecule has 5 N–H and O–H groups in total. The van der Waals surface area contributed by atoms with E-state index in [1.807, 2.05) is 0 Å². The van der Waals surface area contributed by atoms with Gasteiger partial charge in [-0.25, -0.2) is 9.59 Å². The lowest BCUT2D eigenvalue weighted by Gasteiger charge is -2.16. The Hall–Kier alpha value is -3.76. The molecule has 2 aromatic carbocycles. The van der Waals surface area contributed by atoms with Crippen LogP contribution in [0, 0.1) is 0 Å². The Balaban J connectivity index is 1.47. The second kappa shape index (κ2) is 9.39. The number of halogens is 1.